The van der Waals surface area contributed by atoms with Crippen molar-refractivity contribution in [2.75, 3.05) is 12.4 Å². The Hall–Kier alpha value is -1.59. The van der Waals surface area contributed by atoms with E-state index < -0.39 is 0 Å². The van der Waals surface area contributed by atoms with Crippen LogP contribution in [0.4, 0.5) is 5.69 Å². The summed E-state index contributed by atoms with van der Waals surface area (Å²) >= 11 is 9.29. The molecule has 1 N–H and O–H groups in total. The van der Waals surface area contributed by atoms with Crippen LogP contribution in [0.25, 0.3) is 0 Å². The number of rotatable bonds is 3. The third-order valence-corrected chi connectivity index (χ3v) is 3.25. The van der Waals surface area contributed by atoms with Crippen molar-refractivity contribution in [1.82, 2.24) is 4.98 Å². The molecule has 0 saturated carbocycles. The minimum absolute atomic E-state index is 0.311. The van der Waals surface area contributed by atoms with Crippen LogP contribution in [0.3, 0.4) is 0 Å². The fourth-order valence-electron chi connectivity index (χ4n) is 1.51. The lowest BCUT2D eigenvalue weighted by atomic mass is 10.2. The van der Waals surface area contributed by atoms with Crippen LogP contribution in [-0.4, -0.2) is 18.0 Å². The molecule has 19 heavy (non-hydrogen) atoms. The van der Waals surface area contributed by atoms with E-state index in [0.717, 1.165) is 4.47 Å². The van der Waals surface area contributed by atoms with Crippen molar-refractivity contribution in [2.45, 2.75) is 0 Å². The van der Waals surface area contributed by atoms with Gasteiger partial charge in [-0.1, -0.05) is 27.5 Å². The van der Waals surface area contributed by atoms with E-state index in [4.69, 9.17) is 16.3 Å². The quantitative estimate of drug-likeness (QED) is 0.925. The van der Waals surface area contributed by atoms with Crippen molar-refractivity contribution in [1.29, 1.82) is 0 Å². The van der Waals surface area contributed by atoms with Crippen molar-refractivity contribution in [3.05, 3.63) is 51.7 Å². The average Bonchev–Trinajstić information content (AvgIpc) is 2.39. The fraction of sp³-hybridized carbons (Fsp3) is 0.0769. The van der Waals surface area contributed by atoms with Gasteiger partial charge in [-0.25, -0.2) is 0 Å². The molecule has 4 nitrogen and oxygen atoms in total. The van der Waals surface area contributed by atoms with Gasteiger partial charge in [-0.15, -0.1) is 0 Å². The van der Waals surface area contributed by atoms with Gasteiger partial charge in [-0.3, -0.25) is 9.78 Å². The molecule has 1 heterocycles. The summed E-state index contributed by atoms with van der Waals surface area (Å²) in [6.07, 6.45) is 2.95. The van der Waals surface area contributed by atoms with Gasteiger partial charge in [0.05, 0.1) is 23.4 Å². The molecule has 0 saturated heterocycles. The summed E-state index contributed by atoms with van der Waals surface area (Å²) < 4.78 is 6.02. The Balaban J connectivity index is 2.29. The highest BCUT2D eigenvalue weighted by atomic mass is 79.9. The Kier molecular flexibility index (Phi) is 4.39. The van der Waals surface area contributed by atoms with E-state index in [9.17, 15) is 4.79 Å². The standard InChI is InChI=1S/C13H10BrClN2O2/c1-19-12-3-2-8(14)6-11(12)17-13(18)9-7-16-5-4-10(9)15/h2-7H,1H3,(H,17,18). The Labute approximate surface area is 123 Å². The Morgan fingerprint density at radius 1 is 1.42 bits per heavy atom. The highest BCUT2D eigenvalue weighted by molar-refractivity contribution is 9.10. The molecule has 0 bridgehead atoms. The van der Waals surface area contributed by atoms with Gasteiger partial charge in [0.25, 0.3) is 5.91 Å². The van der Waals surface area contributed by atoms with E-state index in [1.807, 2.05) is 6.07 Å². The van der Waals surface area contributed by atoms with Crippen molar-refractivity contribution in [3.8, 4) is 5.75 Å². The van der Waals surface area contributed by atoms with E-state index >= 15 is 0 Å². The minimum atomic E-state index is -0.338. The van der Waals surface area contributed by atoms with E-state index in [1.165, 1.54) is 19.5 Å². The third-order valence-electron chi connectivity index (χ3n) is 2.42. The van der Waals surface area contributed by atoms with Gasteiger partial charge >= 0.3 is 0 Å². The number of benzene rings is 1. The number of aromatic nitrogens is 1. The predicted octanol–water partition coefficient (Wildman–Crippen LogP) is 3.76. The summed E-state index contributed by atoms with van der Waals surface area (Å²) in [6.45, 7) is 0. The number of pyridine rings is 1. The van der Waals surface area contributed by atoms with Crippen molar-refractivity contribution < 1.29 is 9.53 Å². The molecule has 98 valence electrons. The van der Waals surface area contributed by atoms with Crippen molar-refractivity contribution >= 4 is 39.1 Å². The molecule has 2 aromatic rings. The average molecular weight is 342 g/mol. The lowest BCUT2D eigenvalue weighted by molar-refractivity contribution is 0.102. The number of nitrogens with zero attached hydrogens (tertiary/aromatic N) is 1. The summed E-state index contributed by atoms with van der Waals surface area (Å²) in [7, 11) is 1.54. The van der Waals surface area contributed by atoms with Gasteiger partial charge in [0.15, 0.2) is 0 Å². The van der Waals surface area contributed by atoms with Gasteiger partial charge in [-0.05, 0) is 24.3 Å². The van der Waals surface area contributed by atoms with Crippen LogP contribution < -0.4 is 10.1 Å². The number of halogens is 2. The van der Waals surface area contributed by atoms with Crippen LogP contribution in [0.2, 0.25) is 5.02 Å². The number of methoxy groups -OCH3 is 1. The molecule has 0 fully saturated rings. The topological polar surface area (TPSA) is 51.2 Å². The maximum Gasteiger partial charge on any atom is 0.258 e. The Morgan fingerprint density at radius 2 is 2.21 bits per heavy atom. The second-order valence-corrected chi connectivity index (χ2v) is 4.98. The SMILES string of the molecule is COc1ccc(Br)cc1NC(=O)c1cnccc1Cl. The van der Waals surface area contributed by atoms with Crippen molar-refractivity contribution in [3.63, 3.8) is 0 Å². The molecule has 1 aromatic carbocycles. The zero-order chi connectivity index (χ0) is 13.8. The first-order valence-electron chi connectivity index (χ1n) is 5.36. The van der Waals surface area contributed by atoms with Crippen LogP contribution in [0.1, 0.15) is 10.4 Å². The van der Waals surface area contributed by atoms with Gasteiger partial charge in [0, 0.05) is 16.9 Å². The van der Waals surface area contributed by atoms with Gasteiger partial charge in [0.1, 0.15) is 5.75 Å². The maximum atomic E-state index is 12.1. The van der Waals surface area contributed by atoms with E-state index in [2.05, 4.69) is 26.2 Å². The molecule has 6 heteroatoms. The van der Waals surface area contributed by atoms with Gasteiger partial charge in [-0.2, -0.15) is 0 Å². The molecule has 1 amide bonds. The van der Waals surface area contributed by atoms with Gasteiger partial charge < -0.3 is 10.1 Å². The molecule has 0 aliphatic rings. The van der Waals surface area contributed by atoms with Crippen LogP contribution >= 0.6 is 27.5 Å². The maximum absolute atomic E-state index is 12.1. The first-order chi connectivity index (χ1) is 9.11. The van der Waals surface area contributed by atoms with Crippen LogP contribution in [-0.2, 0) is 0 Å². The molecule has 0 radical (unpaired) electrons. The smallest absolute Gasteiger partial charge is 0.258 e. The number of amides is 1. The normalized spacial score (nSPS) is 10.1. The lowest BCUT2D eigenvalue weighted by Crippen LogP contribution is -2.13. The highest BCUT2D eigenvalue weighted by Crippen LogP contribution is 2.28. The monoisotopic (exact) mass is 340 g/mol. The van der Waals surface area contributed by atoms with Crippen LogP contribution in [0, 0.1) is 0 Å². The second-order valence-electron chi connectivity index (χ2n) is 3.65. The lowest BCUT2D eigenvalue weighted by Gasteiger charge is -2.11. The highest BCUT2D eigenvalue weighted by Gasteiger charge is 2.13. The molecular formula is C13H10BrClN2O2. The Morgan fingerprint density at radius 3 is 2.89 bits per heavy atom. The molecule has 0 aliphatic carbocycles. The first kappa shape index (κ1) is 13.8. The van der Waals surface area contributed by atoms with Gasteiger partial charge in [0.2, 0.25) is 0 Å². The largest absolute Gasteiger partial charge is 0.495 e. The molecule has 0 unspecified atom stereocenters. The molecule has 0 aliphatic heterocycles. The summed E-state index contributed by atoms with van der Waals surface area (Å²) in [5, 5.41) is 3.09. The second kappa shape index (κ2) is 6.04. The summed E-state index contributed by atoms with van der Waals surface area (Å²) in [6, 6.07) is 6.89. The zero-order valence-electron chi connectivity index (χ0n) is 9.98. The number of hydrogen-bond donors (Lipinski definition) is 1. The molecule has 2 rings (SSSR count). The summed E-state index contributed by atoms with van der Waals surface area (Å²) in [5.41, 5.74) is 0.869. The predicted molar refractivity (Wildman–Crippen MR) is 77.9 cm³/mol. The molecular weight excluding hydrogens is 332 g/mol. The fourth-order valence-corrected chi connectivity index (χ4v) is 2.06. The van der Waals surface area contributed by atoms with E-state index in [1.54, 1.807) is 18.2 Å². The summed E-state index contributed by atoms with van der Waals surface area (Å²) in [4.78, 5) is 16.0. The number of hydrogen-bond acceptors (Lipinski definition) is 3. The van der Waals surface area contributed by atoms with E-state index in [-0.39, 0.29) is 5.91 Å². The molecule has 0 spiro atoms. The van der Waals surface area contributed by atoms with E-state index in [0.29, 0.717) is 22.0 Å². The number of carbonyl (C=O) groups excluding carboxylic acids is 1. The van der Waals surface area contributed by atoms with Crippen LogP contribution in [0.15, 0.2) is 41.1 Å². The molecule has 0 atom stereocenters. The number of carbonyl (C=O) groups is 1. The molecule has 1 aromatic heterocycles. The number of nitrogens with one attached hydrogen (secondary N) is 1. The van der Waals surface area contributed by atoms with Crippen LogP contribution in [0.5, 0.6) is 5.75 Å². The summed E-state index contributed by atoms with van der Waals surface area (Å²) in [5.74, 6) is 0.228. The number of anilines is 1. The van der Waals surface area contributed by atoms with Crippen molar-refractivity contribution in [2.24, 2.45) is 0 Å². The zero-order valence-corrected chi connectivity index (χ0v) is 12.3. The third kappa shape index (κ3) is 3.24. The first-order valence-corrected chi connectivity index (χ1v) is 6.53. The minimum Gasteiger partial charge on any atom is -0.495 e. The Bertz CT molecular complexity index is 619. The number of ether oxygens (including phenoxy) is 1.